The van der Waals surface area contributed by atoms with Gasteiger partial charge in [0.1, 0.15) is 5.02 Å². The van der Waals surface area contributed by atoms with Crippen LogP contribution in [0.1, 0.15) is 0 Å². The lowest BCUT2D eigenvalue weighted by atomic mass is 10.6. The molecule has 1 nitrogen and oxygen atoms in total. The first-order chi connectivity index (χ1) is 3.72. The maximum Gasteiger partial charge on any atom is 0.191 e. The molecule has 0 bridgehead atoms. The van der Waals surface area contributed by atoms with Crippen molar-refractivity contribution < 1.29 is 5.11 Å². The van der Waals surface area contributed by atoms with Crippen molar-refractivity contribution in [2.75, 3.05) is 0 Å². The van der Waals surface area contributed by atoms with E-state index in [4.69, 9.17) is 28.3 Å². The number of rotatable bonds is 0. The molecule has 4 heteroatoms. The lowest BCUT2D eigenvalue weighted by Crippen LogP contribution is -1.51. The molecule has 0 fully saturated rings. The SMILES string of the molecule is Oc1scc(Cl)c1Cl. The van der Waals surface area contributed by atoms with Crippen molar-refractivity contribution in [3.8, 4) is 5.06 Å². The van der Waals surface area contributed by atoms with Gasteiger partial charge in [-0.3, -0.25) is 0 Å². The van der Waals surface area contributed by atoms with E-state index in [0.29, 0.717) is 5.02 Å². The fourth-order valence-corrected chi connectivity index (χ4v) is 1.39. The third kappa shape index (κ3) is 0.917. The summed E-state index contributed by atoms with van der Waals surface area (Å²) in [6, 6.07) is 0. The summed E-state index contributed by atoms with van der Waals surface area (Å²) in [4.78, 5) is 0. The second kappa shape index (κ2) is 2.13. The molecule has 1 rings (SSSR count). The van der Waals surface area contributed by atoms with Crippen LogP contribution in [0.2, 0.25) is 10.0 Å². The maximum atomic E-state index is 8.74. The summed E-state index contributed by atoms with van der Waals surface area (Å²) in [6.07, 6.45) is 0. The molecule has 0 atom stereocenters. The second-order valence-electron chi connectivity index (χ2n) is 1.20. The van der Waals surface area contributed by atoms with Crippen molar-refractivity contribution in [3.05, 3.63) is 15.4 Å². The predicted molar refractivity (Wildman–Crippen MR) is 36.0 cm³/mol. The van der Waals surface area contributed by atoms with E-state index in [0.717, 1.165) is 11.3 Å². The van der Waals surface area contributed by atoms with Crippen molar-refractivity contribution in [3.63, 3.8) is 0 Å². The van der Waals surface area contributed by atoms with Crippen LogP contribution in [-0.2, 0) is 0 Å². The summed E-state index contributed by atoms with van der Waals surface area (Å²) in [5, 5.41) is 11.1. The van der Waals surface area contributed by atoms with Gasteiger partial charge in [0.25, 0.3) is 0 Å². The minimum atomic E-state index is 0.0802. The van der Waals surface area contributed by atoms with E-state index in [1.54, 1.807) is 5.38 Å². The van der Waals surface area contributed by atoms with Crippen LogP contribution in [0.25, 0.3) is 0 Å². The van der Waals surface area contributed by atoms with Crippen LogP contribution in [0.15, 0.2) is 5.38 Å². The smallest absolute Gasteiger partial charge is 0.191 e. The zero-order valence-corrected chi connectivity index (χ0v) is 6.02. The van der Waals surface area contributed by atoms with E-state index >= 15 is 0 Å². The Bertz CT molecular complexity index is 176. The van der Waals surface area contributed by atoms with E-state index in [-0.39, 0.29) is 10.1 Å². The summed E-state index contributed by atoms with van der Waals surface area (Å²) >= 11 is 12.0. The average molecular weight is 169 g/mol. The normalized spacial score (nSPS) is 9.75. The molecule has 1 N–H and O–H groups in total. The standard InChI is InChI=1S/C4H2Cl2OS/c5-2-1-8-4(7)3(2)6/h1,7H. The van der Waals surface area contributed by atoms with Gasteiger partial charge in [-0.2, -0.15) is 0 Å². The van der Waals surface area contributed by atoms with Crippen molar-refractivity contribution in [1.82, 2.24) is 0 Å². The zero-order chi connectivity index (χ0) is 6.15. The van der Waals surface area contributed by atoms with E-state index in [2.05, 4.69) is 0 Å². The highest BCUT2D eigenvalue weighted by molar-refractivity contribution is 7.13. The third-order valence-corrected chi connectivity index (χ3v) is 2.47. The van der Waals surface area contributed by atoms with Gasteiger partial charge in [-0.15, -0.1) is 11.3 Å². The highest BCUT2D eigenvalue weighted by Crippen LogP contribution is 2.36. The quantitative estimate of drug-likeness (QED) is 0.632. The van der Waals surface area contributed by atoms with Gasteiger partial charge < -0.3 is 5.11 Å². The number of thiophene rings is 1. The number of hydrogen-bond donors (Lipinski definition) is 1. The fourth-order valence-electron chi connectivity index (χ4n) is 0.313. The minimum Gasteiger partial charge on any atom is -0.498 e. The summed E-state index contributed by atoms with van der Waals surface area (Å²) in [5.41, 5.74) is 0. The molecule has 0 aliphatic heterocycles. The van der Waals surface area contributed by atoms with Gasteiger partial charge in [-0.1, -0.05) is 23.2 Å². The van der Waals surface area contributed by atoms with Gasteiger partial charge in [0.15, 0.2) is 5.06 Å². The van der Waals surface area contributed by atoms with E-state index in [1.165, 1.54) is 0 Å². The molecule has 1 aromatic rings. The van der Waals surface area contributed by atoms with Gasteiger partial charge in [-0.25, -0.2) is 0 Å². The average Bonchev–Trinajstić information content (AvgIpc) is 1.98. The lowest BCUT2D eigenvalue weighted by molar-refractivity contribution is 0.491. The Morgan fingerprint density at radius 3 is 2.25 bits per heavy atom. The van der Waals surface area contributed by atoms with Gasteiger partial charge in [0, 0.05) is 5.38 Å². The fraction of sp³-hybridized carbons (Fsp3) is 0. The first kappa shape index (κ1) is 6.20. The van der Waals surface area contributed by atoms with Gasteiger partial charge >= 0.3 is 0 Å². The van der Waals surface area contributed by atoms with E-state index in [9.17, 15) is 0 Å². The largest absolute Gasteiger partial charge is 0.498 e. The highest BCUT2D eigenvalue weighted by Gasteiger charge is 2.03. The maximum absolute atomic E-state index is 8.74. The third-order valence-electron chi connectivity index (χ3n) is 0.671. The molecule has 0 aliphatic carbocycles. The first-order valence-electron chi connectivity index (χ1n) is 1.83. The lowest BCUT2D eigenvalue weighted by Gasteiger charge is -1.80. The molecule has 0 spiro atoms. The van der Waals surface area contributed by atoms with Crippen molar-refractivity contribution in [2.24, 2.45) is 0 Å². The van der Waals surface area contributed by atoms with Crippen LogP contribution < -0.4 is 0 Å². The Morgan fingerprint density at radius 2 is 2.12 bits per heavy atom. The molecule has 0 aliphatic rings. The molecule has 0 saturated carbocycles. The van der Waals surface area contributed by atoms with Crippen molar-refractivity contribution in [2.45, 2.75) is 0 Å². The van der Waals surface area contributed by atoms with Crippen molar-refractivity contribution in [1.29, 1.82) is 0 Å². The summed E-state index contributed by atoms with van der Waals surface area (Å²) < 4.78 is 0. The number of halogens is 2. The van der Waals surface area contributed by atoms with Crippen molar-refractivity contribution >= 4 is 34.5 Å². The van der Waals surface area contributed by atoms with Crippen LogP contribution in [0.5, 0.6) is 5.06 Å². The molecule has 0 saturated heterocycles. The highest BCUT2D eigenvalue weighted by atomic mass is 35.5. The Labute approximate surface area is 60.5 Å². The monoisotopic (exact) mass is 168 g/mol. The summed E-state index contributed by atoms with van der Waals surface area (Å²) in [5.74, 6) is 0. The van der Waals surface area contributed by atoms with Crippen LogP contribution in [0, 0.1) is 0 Å². The Kier molecular flexibility index (Phi) is 1.65. The first-order valence-corrected chi connectivity index (χ1v) is 3.47. The topological polar surface area (TPSA) is 20.2 Å². The molecule has 1 aromatic heterocycles. The molecule has 0 aromatic carbocycles. The zero-order valence-electron chi connectivity index (χ0n) is 3.69. The molecule has 0 amide bonds. The predicted octanol–water partition coefficient (Wildman–Crippen LogP) is 2.76. The minimum absolute atomic E-state index is 0.0802. The van der Waals surface area contributed by atoms with Crippen LogP contribution in [0.3, 0.4) is 0 Å². The number of aromatic hydroxyl groups is 1. The molecular weight excluding hydrogens is 167 g/mol. The van der Waals surface area contributed by atoms with Crippen LogP contribution in [-0.4, -0.2) is 5.11 Å². The number of hydrogen-bond acceptors (Lipinski definition) is 2. The van der Waals surface area contributed by atoms with Gasteiger partial charge in [-0.05, 0) is 0 Å². The Balaban J connectivity index is 3.19. The summed E-state index contributed by atoms with van der Waals surface area (Å²) in [6.45, 7) is 0. The van der Waals surface area contributed by atoms with Crippen LogP contribution in [0.4, 0.5) is 0 Å². The Hall–Kier alpha value is 0.0800. The molecule has 0 unspecified atom stereocenters. The summed E-state index contributed by atoms with van der Waals surface area (Å²) in [7, 11) is 0. The molecule has 0 radical (unpaired) electrons. The molecular formula is C4H2Cl2OS. The van der Waals surface area contributed by atoms with Gasteiger partial charge in [0.05, 0.1) is 5.02 Å². The Morgan fingerprint density at radius 1 is 1.50 bits per heavy atom. The molecule has 44 valence electrons. The van der Waals surface area contributed by atoms with Crippen LogP contribution >= 0.6 is 34.5 Å². The van der Waals surface area contributed by atoms with E-state index in [1.807, 2.05) is 0 Å². The van der Waals surface area contributed by atoms with E-state index < -0.39 is 0 Å². The molecule has 8 heavy (non-hydrogen) atoms. The second-order valence-corrected chi connectivity index (χ2v) is 2.85. The molecule has 1 heterocycles. The van der Waals surface area contributed by atoms with Gasteiger partial charge in [0.2, 0.25) is 0 Å².